The number of alkyl halides is 3. The zero-order valence-corrected chi connectivity index (χ0v) is 8.97. The third kappa shape index (κ3) is 4.75. The van der Waals surface area contributed by atoms with Gasteiger partial charge in [-0.25, -0.2) is 0 Å². The van der Waals surface area contributed by atoms with E-state index in [2.05, 4.69) is 15.5 Å². The number of hydrogen-bond acceptors (Lipinski definition) is 3. The molecule has 0 fully saturated rings. The van der Waals surface area contributed by atoms with Crippen molar-refractivity contribution in [2.24, 2.45) is 0 Å². The van der Waals surface area contributed by atoms with Crippen LogP contribution in [0.25, 0.3) is 0 Å². The van der Waals surface area contributed by atoms with E-state index in [1.807, 2.05) is 0 Å². The average molecular weight is 250 g/mol. The van der Waals surface area contributed by atoms with Gasteiger partial charge >= 0.3 is 6.18 Å². The van der Waals surface area contributed by atoms with Gasteiger partial charge in [0.1, 0.15) is 5.69 Å². The zero-order valence-electron chi connectivity index (χ0n) is 8.97. The highest BCUT2D eigenvalue weighted by atomic mass is 19.4. The Kier molecular flexibility index (Phi) is 4.36. The number of nitrogens with one attached hydrogen (secondary N) is 2. The van der Waals surface area contributed by atoms with E-state index in [0.717, 1.165) is 0 Å². The third-order valence-corrected chi connectivity index (χ3v) is 2.07. The van der Waals surface area contributed by atoms with Gasteiger partial charge in [-0.15, -0.1) is 0 Å². The van der Waals surface area contributed by atoms with Crippen LogP contribution in [0.4, 0.5) is 18.9 Å². The summed E-state index contributed by atoms with van der Waals surface area (Å²) in [6.45, 7) is 0.174. The van der Waals surface area contributed by atoms with Crippen molar-refractivity contribution in [3.05, 3.63) is 11.9 Å². The van der Waals surface area contributed by atoms with Crippen LogP contribution in [0.15, 0.2) is 6.20 Å². The first-order chi connectivity index (χ1) is 7.90. The van der Waals surface area contributed by atoms with Crippen LogP contribution < -0.4 is 11.1 Å². The molecule has 0 atom stereocenters. The Morgan fingerprint density at radius 3 is 2.71 bits per heavy atom. The molecule has 17 heavy (non-hydrogen) atoms. The Hall–Kier alpha value is -1.73. The van der Waals surface area contributed by atoms with E-state index in [1.54, 1.807) is 0 Å². The number of anilines is 1. The van der Waals surface area contributed by atoms with Crippen molar-refractivity contribution >= 4 is 11.6 Å². The van der Waals surface area contributed by atoms with Gasteiger partial charge in [0.2, 0.25) is 0 Å². The molecule has 0 saturated carbocycles. The Morgan fingerprint density at radius 2 is 2.18 bits per heavy atom. The molecule has 0 radical (unpaired) electrons. The summed E-state index contributed by atoms with van der Waals surface area (Å²) in [6, 6.07) is 0. The predicted molar refractivity (Wildman–Crippen MR) is 55.2 cm³/mol. The second-order valence-corrected chi connectivity index (χ2v) is 3.53. The molecule has 0 aliphatic carbocycles. The highest BCUT2D eigenvalue weighted by Gasteiger charge is 2.25. The summed E-state index contributed by atoms with van der Waals surface area (Å²) in [6.07, 6.45) is -3.44. The number of halogens is 3. The second-order valence-electron chi connectivity index (χ2n) is 3.53. The van der Waals surface area contributed by atoms with Gasteiger partial charge in [-0.1, -0.05) is 0 Å². The van der Waals surface area contributed by atoms with Gasteiger partial charge < -0.3 is 11.1 Å². The number of rotatable bonds is 5. The van der Waals surface area contributed by atoms with Crippen molar-refractivity contribution in [3.8, 4) is 0 Å². The number of aromatic nitrogens is 2. The van der Waals surface area contributed by atoms with Gasteiger partial charge in [-0.2, -0.15) is 18.3 Å². The van der Waals surface area contributed by atoms with E-state index in [1.165, 1.54) is 6.20 Å². The first kappa shape index (κ1) is 13.3. The number of carbonyl (C=O) groups excluding carboxylic acids is 1. The van der Waals surface area contributed by atoms with Gasteiger partial charge in [0.15, 0.2) is 0 Å². The molecule has 8 heteroatoms. The van der Waals surface area contributed by atoms with E-state index >= 15 is 0 Å². The molecule has 96 valence electrons. The van der Waals surface area contributed by atoms with Gasteiger partial charge in [0, 0.05) is 13.0 Å². The predicted octanol–water partition coefficient (Wildman–Crippen LogP) is 1.45. The fraction of sp³-hybridized carbons (Fsp3) is 0.556. The summed E-state index contributed by atoms with van der Waals surface area (Å²) < 4.78 is 35.4. The number of nitrogens with zero attached hydrogens (tertiary/aromatic N) is 1. The van der Waals surface area contributed by atoms with Crippen molar-refractivity contribution in [3.63, 3.8) is 0 Å². The zero-order chi connectivity index (χ0) is 12.9. The van der Waals surface area contributed by atoms with E-state index < -0.39 is 18.5 Å². The highest BCUT2D eigenvalue weighted by Crippen LogP contribution is 2.21. The normalized spacial score (nSPS) is 11.5. The van der Waals surface area contributed by atoms with Gasteiger partial charge in [0.25, 0.3) is 5.91 Å². The monoisotopic (exact) mass is 250 g/mol. The number of carbonyl (C=O) groups is 1. The fourth-order valence-corrected chi connectivity index (χ4v) is 1.22. The molecule has 0 bridgehead atoms. The van der Waals surface area contributed by atoms with Crippen LogP contribution in [0.5, 0.6) is 0 Å². The number of nitrogens with two attached hydrogens (primary N) is 1. The number of unbranched alkanes of at least 4 members (excludes halogenated alkanes) is 1. The Morgan fingerprint density at radius 1 is 1.47 bits per heavy atom. The first-order valence-corrected chi connectivity index (χ1v) is 5.04. The van der Waals surface area contributed by atoms with Crippen molar-refractivity contribution in [2.45, 2.75) is 25.4 Å². The lowest BCUT2D eigenvalue weighted by molar-refractivity contribution is -0.135. The standard InChI is InChI=1S/C9H13F3N4O/c10-9(11,12)3-1-2-4-14-8(17)7-6(13)5-15-16-7/h5H,1-4,13H2,(H,14,17)(H,15,16). The molecule has 1 heterocycles. The van der Waals surface area contributed by atoms with E-state index in [0.29, 0.717) is 0 Å². The third-order valence-electron chi connectivity index (χ3n) is 2.07. The van der Waals surface area contributed by atoms with Crippen LogP contribution >= 0.6 is 0 Å². The molecule has 0 saturated heterocycles. The molecule has 0 aromatic carbocycles. The maximum absolute atomic E-state index is 11.8. The molecular formula is C9H13F3N4O. The van der Waals surface area contributed by atoms with Crippen molar-refractivity contribution < 1.29 is 18.0 Å². The first-order valence-electron chi connectivity index (χ1n) is 5.04. The molecule has 0 aliphatic rings. The molecule has 1 aromatic rings. The van der Waals surface area contributed by atoms with Crippen LogP contribution in [0.2, 0.25) is 0 Å². The molecule has 0 unspecified atom stereocenters. The number of aromatic amines is 1. The van der Waals surface area contributed by atoms with Crippen LogP contribution in [0, 0.1) is 0 Å². The maximum Gasteiger partial charge on any atom is 0.389 e. The summed E-state index contributed by atoms with van der Waals surface area (Å²) in [7, 11) is 0. The van der Waals surface area contributed by atoms with Crippen molar-refractivity contribution in [2.75, 3.05) is 12.3 Å². The van der Waals surface area contributed by atoms with Gasteiger partial charge in [0.05, 0.1) is 11.9 Å². The molecule has 5 nitrogen and oxygen atoms in total. The van der Waals surface area contributed by atoms with Gasteiger partial charge in [-0.3, -0.25) is 9.89 Å². The Balaban J connectivity index is 2.20. The van der Waals surface area contributed by atoms with E-state index in [9.17, 15) is 18.0 Å². The number of hydrogen-bond donors (Lipinski definition) is 3. The fourth-order valence-electron chi connectivity index (χ4n) is 1.22. The topological polar surface area (TPSA) is 83.8 Å². The summed E-state index contributed by atoms with van der Waals surface area (Å²) in [5.41, 5.74) is 5.76. The van der Waals surface area contributed by atoms with E-state index in [-0.39, 0.29) is 30.8 Å². The maximum atomic E-state index is 11.8. The average Bonchev–Trinajstić information content (AvgIpc) is 2.62. The Bertz CT molecular complexity index is 375. The molecule has 1 rings (SSSR count). The lowest BCUT2D eigenvalue weighted by Crippen LogP contribution is -2.25. The number of amides is 1. The summed E-state index contributed by atoms with van der Waals surface area (Å²) >= 11 is 0. The minimum Gasteiger partial charge on any atom is -0.396 e. The highest BCUT2D eigenvalue weighted by molar-refractivity contribution is 5.96. The smallest absolute Gasteiger partial charge is 0.389 e. The van der Waals surface area contributed by atoms with Crippen LogP contribution in [0.1, 0.15) is 29.8 Å². The Labute approximate surface area is 95.6 Å². The van der Waals surface area contributed by atoms with Gasteiger partial charge in [-0.05, 0) is 12.8 Å². The van der Waals surface area contributed by atoms with Crippen LogP contribution in [0.3, 0.4) is 0 Å². The SMILES string of the molecule is Nc1cn[nH]c1C(=O)NCCCCC(F)(F)F. The van der Waals surface area contributed by atoms with Crippen LogP contribution in [-0.4, -0.2) is 28.8 Å². The summed E-state index contributed by atoms with van der Waals surface area (Å²) in [4.78, 5) is 11.4. The van der Waals surface area contributed by atoms with Crippen molar-refractivity contribution in [1.29, 1.82) is 0 Å². The summed E-state index contributed by atoms with van der Waals surface area (Å²) in [5, 5.41) is 8.42. The second kappa shape index (κ2) is 5.55. The number of nitrogen functional groups attached to an aromatic ring is 1. The lowest BCUT2D eigenvalue weighted by Gasteiger charge is -2.06. The molecule has 0 spiro atoms. The van der Waals surface area contributed by atoms with Crippen LogP contribution in [-0.2, 0) is 0 Å². The summed E-state index contributed by atoms with van der Waals surface area (Å²) in [5.74, 6) is -0.466. The minimum atomic E-state index is -4.14. The largest absolute Gasteiger partial charge is 0.396 e. The molecular weight excluding hydrogens is 237 g/mol. The molecule has 1 amide bonds. The van der Waals surface area contributed by atoms with E-state index in [4.69, 9.17) is 5.73 Å². The number of H-pyrrole nitrogens is 1. The quantitative estimate of drug-likeness (QED) is 0.691. The minimum absolute atomic E-state index is 0.0117. The lowest BCUT2D eigenvalue weighted by atomic mass is 10.2. The molecule has 4 N–H and O–H groups in total. The molecule has 0 aliphatic heterocycles. The van der Waals surface area contributed by atoms with Crippen molar-refractivity contribution in [1.82, 2.24) is 15.5 Å². The molecule has 1 aromatic heterocycles.